The summed E-state index contributed by atoms with van der Waals surface area (Å²) in [6.07, 6.45) is -0.528. The maximum atomic E-state index is 12.1. The van der Waals surface area contributed by atoms with Crippen LogP contribution in [0, 0.1) is 0 Å². The van der Waals surface area contributed by atoms with E-state index in [0.29, 0.717) is 10.1 Å². The molecule has 0 spiro atoms. The highest BCUT2D eigenvalue weighted by atomic mass is 79.9. The first-order valence-electron chi connectivity index (χ1n) is 5.83. The average Bonchev–Trinajstić information content (AvgIpc) is 2.64. The number of ether oxygens (including phenoxy) is 1. The Kier molecular flexibility index (Phi) is 3.64. The fraction of sp³-hybridized carbons (Fsp3) is 0.385. The van der Waals surface area contributed by atoms with Crippen LogP contribution in [0.2, 0.25) is 0 Å². The molecule has 6 heteroatoms. The minimum Gasteiger partial charge on any atom is -0.442 e. The molecule has 0 amide bonds. The number of aromatic nitrogens is 2. The predicted molar refractivity (Wildman–Crippen MR) is 75.0 cm³/mol. The van der Waals surface area contributed by atoms with Crippen LogP contribution in [0.3, 0.4) is 0 Å². The third kappa shape index (κ3) is 2.96. The van der Waals surface area contributed by atoms with Crippen LogP contribution in [0.25, 0.3) is 10.9 Å². The van der Waals surface area contributed by atoms with Crippen molar-refractivity contribution in [3.63, 3.8) is 0 Å². The van der Waals surface area contributed by atoms with E-state index in [0.717, 1.165) is 10.9 Å². The first-order chi connectivity index (χ1) is 8.81. The number of hydrogen-bond acceptors (Lipinski definition) is 4. The predicted octanol–water partition coefficient (Wildman–Crippen LogP) is 3.07. The number of aliphatic hydroxyl groups excluding tert-OH is 1. The topological polar surface area (TPSA) is 64.4 Å². The summed E-state index contributed by atoms with van der Waals surface area (Å²) < 4.78 is 7.05. The number of carbonyl (C=O) groups excluding carboxylic acids is 1. The van der Waals surface area contributed by atoms with Gasteiger partial charge in [-0.05, 0) is 54.4 Å². The van der Waals surface area contributed by atoms with Crippen LogP contribution in [0.4, 0.5) is 4.79 Å². The normalized spacial score (nSPS) is 11.8. The molecule has 0 fully saturated rings. The zero-order valence-electron chi connectivity index (χ0n) is 11.0. The molecule has 1 heterocycles. The molecule has 0 aliphatic heterocycles. The number of carbonyl (C=O) groups is 1. The number of nitrogens with zero attached hydrogens (tertiary/aromatic N) is 2. The van der Waals surface area contributed by atoms with Crippen LogP contribution in [-0.4, -0.2) is 26.6 Å². The quantitative estimate of drug-likeness (QED) is 0.874. The van der Waals surface area contributed by atoms with Gasteiger partial charge in [0.2, 0.25) is 0 Å². The molecule has 102 valence electrons. The molecule has 19 heavy (non-hydrogen) atoms. The first-order valence-corrected chi connectivity index (χ1v) is 6.62. The van der Waals surface area contributed by atoms with Crippen molar-refractivity contribution in [2.45, 2.75) is 33.0 Å². The molecule has 0 atom stereocenters. The Morgan fingerprint density at radius 1 is 1.47 bits per heavy atom. The van der Waals surface area contributed by atoms with Crippen LogP contribution < -0.4 is 0 Å². The van der Waals surface area contributed by atoms with Gasteiger partial charge in [-0.1, -0.05) is 6.07 Å². The van der Waals surface area contributed by atoms with E-state index in [1.165, 1.54) is 4.68 Å². The maximum absolute atomic E-state index is 12.1. The fourth-order valence-corrected chi connectivity index (χ4v) is 2.15. The number of halogens is 1. The van der Waals surface area contributed by atoms with Crippen LogP contribution in [-0.2, 0) is 11.3 Å². The van der Waals surface area contributed by atoms with Gasteiger partial charge in [-0.3, -0.25) is 0 Å². The summed E-state index contributed by atoms with van der Waals surface area (Å²) in [5, 5.41) is 14.0. The molecule has 1 aromatic carbocycles. The summed E-state index contributed by atoms with van der Waals surface area (Å²) in [7, 11) is 0. The van der Waals surface area contributed by atoms with Crippen LogP contribution >= 0.6 is 15.9 Å². The van der Waals surface area contributed by atoms with E-state index >= 15 is 0 Å². The lowest BCUT2D eigenvalue weighted by Crippen LogP contribution is -2.27. The molecule has 0 saturated carbocycles. The van der Waals surface area contributed by atoms with E-state index < -0.39 is 11.7 Å². The standard InChI is InChI=1S/C13H15BrN2O3/c1-13(2,3)19-12(18)16-10-5-4-8(7-17)6-9(10)11(14)15-16/h4-6,17H,7H2,1-3H3. The third-order valence-corrected chi connectivity index (χ3v) is 3.03. The Morgan fingerprint density at radius 2 is 2.16 bits per heavy atom. The fourth-order valence-electron chi connectivity index (χ4n) is 1.67. The Bertz CT molecular complexity index is 629. The molecule has 1 aromatic heterocycles. The third-order valence-electron chi connectivity index (χ3n) is 2.45. The van der Waals surface area contributed by atoms with Crippen molar-refractivity contribution < 1.29 is 14.6 Å². The van der Waals surface area contributed by atoms with Crippen molar-refractivity contribution in [3.8, 4) is 0 Å². The number of hydrogen-bond donors (Lipinski definition) is 1. The minimum atomic E-state index is -0.577. The van der Waals surface area contributed by atoms with Crippen molar-refractivity contribution in [3.05, 3.63) is 28.4 Å². The molecular weight excluding hydrogens is 312 g/mol. The molecular formula is C13H15BrN2O3. The van der Waals surface area contributed by atoms with Gasteiger partial charge in [0.25, 0.3) is 0 Å². The highest BCUT2D eigenvalue weighted by Crippen LogP contribution is 2.25. The van der Waals surface area contributed by atoms with Gasteiger partial charge in [0.15, 0.2) is 0 Å². The second kappa shape index (κ2) is 4.94. The zero-order chi connectivity index (χ0) is 14.2. The summed E-state index contributed by atoms with van der Waals surface area (Å²) >= 11 is 3.31. The van der Waals surface area contributed by atoms with Gasteiger partial charge in [-0.25, -0.2) is 4.79 Å². The number of aliphatic hydroxyl groups is 1. The minimum absolute atomic E-state index is 0.0556. The lowest BCUT2D eigenvalue weighted by Gasteiger charge is -2.19. The molecule has 1 N–H and O–H groups in total. The van der Waals surface area contributed by atoms with Gasteiger partial charge in [0.05, 0.1) is 12.1 Å². The highest BCUT2D eigenvalue weighted by Gasteiger charge is 2.21. The van der Waals surface area contributed by atoms with Gasteiger partial charge < -0.3 is 9.84 Å². The number of rotatable bonds is 1. The summed E-state index contributed by atoms with van der Waals surface area (Å²) in [4.78, 5) is 12.1. The van der Waals surface area contributed by atoms with E-state index in [9.17, 15) is 4.79 Å². The van der Waals surface area contributed by atoms with Gasteiger partial charge >= 0.3 is 6.09 Å². The van der Waals surface area contributed by atoms with E-state index in [1.54, 1.807) is 39.0 Å². The lowest BCUT2D eigenvalue weighted by atomic mass is 10.2. The Morgan fingerprint density at radius 3 is 2.74 bits per heavy atom. The first kappa shape index (κ1) is 14.0. The SMILES string of the molecule is CC(C)(C)OC(=O)n1nc(Br)c2cc(CO)ccc21. The van der Waals surface area contributed by atoms with Crippen molar-refractivity contribution in [1.82, 2.24) is 9.78 Å². The van der Waals surface area contributed by atoms with Crippen molar-refractivity contribution in [1.29, 1.82) is 0 Å². The number of benzene rings is 1. The van der Waals surface area contributed by atoms with Gasteiger partial charge in [-0.2, -0.15) is 9.78 Å². The monoisotopic (exact) mass is 326 g/mol. The zero-order valence-corrected chi connectivity index (χ0v) is 12.6. The van der Waals surface area contributed by atoms with E-state index in [1.807, 2.05) is 0 Å². The second-order valence-corrected chi connectivity index (χ2v) is 5.94. The van der Waals surface area contributed by atoms with Gasteiger partial charge in [-0.15, -0.1) is 0 Å². The van der Waals surface area contributed by atoms with Crippen molar-refractivity contribution in [2.75, 3.05) is 0 Å². The molecule has 2 rings (SSSR count). The maximum Gasteiger partial charge on any atom is 0.435 e. The summed E-state index contributed by atoms with van der Waals surface area (Å²) in [5.74, 6) is 0. The highest BCUT2D eigenvalue weighted by molar-refractivity contribution is 9.10. The number of fused-ring (bicyclic) bond motifs is 1. The average molecular weight is 327 g/mol. The summed E-state index contributed by atoms with van der Waals surface area (Å²) in [6, 6.07) is 5.27. The smallest absolute Gasteiger partial charge is 0.435 e. The Hall–Kier alpha value is -1.40. The molecule has 5 nitrogen and oxygen atoms in total. The molecule has 2 aromatic rings. The van der Waals surface area contributed by atoms with Crippen LogP contribution in [0.1, 0.15) is 26.3 Å². The molecule has 0 saturated heterocycles. The van der Waals surface area contributed by atoms with Gasteiger partial charge in [0, 0.05) is 5.39 Å². The van der Waals surface area contributed by atoms with Gasteiger partial charge in [0.1, 0.15) is 10.2 Å². The van der Waals surface area contributed by atoms with E-state index in [4.69, 9.17) is 9.84 Å². The summed E-state index contributed by atoms with van der Waals surface area (Å²) in [5.41, 5.74) is 0.822. The van der Waals surface area contributed by atoms with Crippen molar-refractivity contribution >= 4 is 32.9 Å². The molecule has 0 bridgehead atoms. The molecule has 0 unspecified atom stereocenters. The van der Waals surface area contributed by atoms with Crippen molar-refractivity contribution in [2.24, 2.45) is 0 Å². The molecule has 0 aliphatic rings. The van der Waals surface area contributed by atoms with Crippen LogP contribution in [0.5, 0.6) is 0 Å². The van der Waals surface area contributed by atoms with E-state index in [2.05, 4.69) is 21.0 Å². The summed E-state index contributed by atoms with van der Waals surface area (Å²) in [6.45, 7) is 5.35. The Balaban J connectivity index is 2.48. The second-order valence-electron chi connectivity index (χ2n) is 5.19. The van der Waals surface area contributed by atoms with Crippen LogP contribution in [0.15, 0.2) is 22.8 Å². The lowest BCUT2D eigenvalue weighted by molar-refractivity contribution is 0.0522. The Labute approximate surface area is 119 Å². The molecule has 0 radical (unpaired) electrons. The van der Waals surface area contributed by atoms with E-state index in [-0.39, 0.29) is 6.61 Å². The molecule has 0 aliphatic carbocycles. The largest absolute Gasteiger partial charge is 0.442 e.